The second kappa shape index (κ2) is 11.3. The SMILES string of the molecule is C[C@H](CC[C@H](O)C(C)(C)O)[C@H]1[C@@H](O)C[C@@]2(C)[C@@H]3C[C@H](O)[C@H]4C(C)(C)[C@@H](O[C@@H]5O[C@H](CO)[C@@H](O)[C@H](O)[C@H]5O)CC[C@@]45C[C@@]35CC[C@]12C. The van der Waals surface area contributed by atoms with Gasteiger partial charge in [0.1, 0.15) is 24.4 Å². The van der Waals surface area contributed by atoms with Gasteiger partial charge in [0.2, 0.25) is 0 Å². The van der Waals surface area contributed by atoms with Crippen LogP contribution in [0.4, 0.5) is 0 Å². The highest BCUT2D eigenvalue weighted by Gasteiger charge is 2.84. The van der Waals surface area contributed by atoms with E-state index in [1.807, 2.05) is 0 Å². The molecule has 1 heterocycles. The third-order valence-corrected chi connectivity index (χ3v) is 15.5. The van der Waals surface area contributed by atoms with Gasteiger partial charge in [-0.25, -0.2) is 0 Å². The summed E-state index contributed by atoms with van der Waals surface area (Å²) in [6, 6.07) is 0. The Morgan fingerprint density at radius 2 is 1.54 bits per heavy atom. The first-order chi connectivity index (χ1) is 21.2. The minimum atomic E-state index is -1.50. The molecule has 6 aliphatic rings. The largest absolute Gasteiger partial charge is 0.394 e. The first-order valence-electron chi connectivity index (χ1n) is 17.9. The zero-order valence-electron chi connectivity index (χ0n) is 29.0. The van der Waals surface area contributed by atoms with Crippen molar-refractivity contribution in [3.05, 3.63) is 0 Å². The van der Waals surface area contributed by atoms with E-state index in [9.17, 15) is 40.9 Å². The van der Waals surface area contributed by atoms with Crippen molar-refractivity contribution in [2.24, 2.45) is 50.7 Å². The molecule has 8 N–H and O–H groups in total. The zero-order valence-corrected chi connectivity index (χ0v) is 29.0. The summed E-state index contributed by atoms with van der Waals surface area (Å²) < 4.78 is 12.1. The molecule has 5 saturated carbocycles. The minimum absolute atomic E-state index is 0.0304. The molecule has 0 aromatic carbocycles. The maximum absolute atomic E-state index is 12.1. The van der Waals surface area contributed by atoms with Crippen LogP contribution in [0.2, 0.25) is 0 Å². The number of hydrogen-bond donors (Lipinski definition) is 8. The molecule has 0 amide bonds. The van der Waals surface area contributed by atoms with E-state index < -0.39 is 66.6 Å². The van der Waals surface area contributed by atoms with Crippen LogP contribution < -0.4 is 0 Å². The molecule has 0 unspecified atom stereocenters. The second-order valence-corrected chi connectivity index (χ2v) is 18.4. The van der Waals surface area contributed by atoms with Gasteiger partial charge < -0.3 is 50.3 Å². The lowest BCUT2D eigenvalue weighted by Crippen LogP contribution is -2.63. The molecule has 17 atom stereocenters. The smallest absolute Gasteiger partial charge is 0.186 e. The van der Waals surface area contributed by atoms with E-state index >= 15 is 0 Å². The molecule has 2 spiro atoms. The third-order valence-electron chi connectivity index (χ3n) is 15.5. The summed E-state index contributed by atoms with van der Waals surface area (Å²) in [6.45, 7) is 14.0. The average Bonchev–Trinajstić information content (AvgIpc) is 3.55. The van der Waals surface area contributed by atoms with E-state index in [-0.39, 0.29) is 51.4 Å². The van der Waals surface area contributed by atoms with Crippen LogP contribution in [0, 0.1) is 50.7 Å². The van der Waals surface area contributed by atoms with Crippen LogP contribution in [-0.4, -0.2) is 108 Å². The lowest BCUT2D eigenvalue weighted by molar-refractivity contribution is -0.329. The van der Waals surface area contributed by atoms with Crippen LogP contribution in [0.5, 0.6) is 0 Å². The topological polar surface area (TPSA) is 180 Å². The second-order valence-electron chi connectivity index (χ2n) is 18.4. The van der Waals surface area contributed by atoms with Crippen molar-refractivity contribution in [2.75, 3.05) is 6.61 Å². The van der Waals surface area contributed by atoms with Crippen LogP contribution in [0.15, 0.2) is 0 Å². The maximum Gasteiger partial charge on any atom is 0.186 e. The molecule has 1 aliphatic heterocycles. The fraction of sp³-hybridized carbons (Fsp3) is 1.00. The summed E-state index contributed by atoms with van der Waals surface area (Å²) in [4.78, 5) is 0. The van der Waals surface area contributed by atoms with Gasteiger partial charge in [0.05, 0.1) is 36.6 Å². The summed E-state index contributed by atoms with van der Waals surface area (Å²) in [5, 5.41) is 85.7. The Labute approximate surface area is 274 Å². The van der Waals surface area contributed by atoms with Gasteiger partial charge >= 0.3 is 0 Å². The van der Waals surface area contributed by atoms with E-state index in [4.69, 9.17) is 9.47 Å². The van der Waals surface area contributed by atoms with E-state index in [1.165, 1.54) is 0 Å². The van der Waals surface area contributed by atoms with E-state index in [0.29, 0.717) is 25.7 Å². The van der Waals surface area contributed by atoms with Gasteiger partial charge in [-0.15, -0.1) is 0 Å². The molecule has 46 heavy (non-hydrogen) atoms. The number of ether oxygens (including phenoxy) is 2. The summed E-state index contributed by atoms with van der Waals surface area (Å²) in [7, 11) is 0. The van der Waals surface area contributed by atoms with Crippen molar-refractivity contribution >= 4 is 0 Å². The summed E-state index contributed by atoms with van der Waals surface area (Å²) >= 11 is 0. The molecule has 0 aromatic heterocycles. The first kappa shape index (κ1) is 35.4. The van der Waals surface area contributed by atoms with Gasteiger partial charge in [0, 0.05) is 0 Å². The van der Waals surface area contributed by atoms with Crippen molar-refractivity contribution in [1.29, 1.82) is 0 Å². The van der Waals surface area contributed by atoms with Crippen LogP contribution in [0.1, 0.15) is 106 Å². The first-order valence-corrected chi connectivity index (χ1v) is 17.9. The normalized spacial score (nSPS) is 54.2. The van der Waals surface area contributed by atoms with Crippen molar-refractivity contribution < 1.29 is 50.3 Å². The highest BCUT2D eigenvalue weighted by atomic mass is 16.7. The molecule has 6 fully saturated rings. The number of rotatable bonds is 8. The molecular formula is C36H62O10. The predicted molar refractivity (Wildman–Crippen MR) is 169 cm³/mol. The van der Waals surface area contributed by atoms with Crippen LogP contribution >= 0.6 is 0 Å². The molecule has 0 radical (unpaired) electrons. The fourth-order valence-corrected chi connectivity index (χ4v) is 13.0. The van der Waals surface area contributed by atoms with Gasteiger partial charge in [-0.3, -0.25) is 0 Å². The highest BCUT2D eigenvalue weighted by molar-refractivity contribution is 5.32. The Morgan fingerprint density at radius 1 is 0.870 bits per heavy atom. The third kappa shape index (κ3) is 4.78. The predicted octanol–water partition coefficient (Wildman–Crippen LogP) is 2.10. The number of aliphatic hydroxyl groups excluding tert-OH is 7. The van der Waals surface area contributed by atoms with Gasteiger partial charge in [-0.05, 0) is 122 Å². The summed E-state index contributed by atoms with van der Waals surface area (Å²) in [6.07, 6.45) is -1.55. The molecule has 1 saturated heterocycles. The molecule has 0 aromatic rings. The van der Waals surface area contributed by atoms with Crippen LogP contribution in [0.3, 0.4) is 0 Å². The average molecular weight is 655 g/mol. The van der Waals surface area contributed by atoms with Crippen molar-refractivity contribution in [3.8, 4) is 0 Å². The number of aliphatic hydroxyl groups is 8. The molecule has 266 valence electrons. The Kier molecular flexibility index (Phi) is 8.71. The molecule has 0 bridgehead atoms. The van der Waals surface area contributed by atoms with Gasteiger partial charge in [-0.1, -0.05) is 34.6 Å². The van der Waals surface area contributed by atoms with Gasteiger partial charge in [0.15, 0.2) is 6.29 Å². The van der Waals surface area contributed by atoms with Gasteiger partial charge in [0.25, 0.3) is 0 Å². The van der Waals surface area contributed by atoms with Gasteiger partial charge in [-0.2, -0.15) is 0 Å². The Morgan fingerprint density at radius 3 is 2.17 bits per heavy atom. The van der Waals surface area contributed by atoms with Crippen molar-refractivity contribution in [1.82, 2.24) is 0 Å². The molecule has 6 rings (SSSR count). The quantitative estimate of drug-likeness (QED) is 0.181. The molecular weight excluding hydrogens is 592 g/mol. The summed E-state index contributed by atoms with van der Waals surface area (Å²) in [5.74, 6) is 0.499. The molecule has 5 aliphatic carbocycles. The zero-order chi connectivity index (χ0) is 34.0. The standard InChI is InChI=1S/C36H62O10/c1-18(8-9-23(40)32(4,5)44)25-20(39)15-34(7)22-14-19(38)29-31(2,3)24(46-30-28(43)27(42)26(41)21(16-37)45-30)10-11-36(29)17-35(22,36)13-12-33(25,34)6/h18-30,37-44H,8-17H2,1-7H3/t18-,19+,20+,21-,22+,23+,24+,25+,26-,27+,28-,29+,30+,33-,34+,35+,36-/m1/s1. The lowest BCUT2D eigenvalue weighted by atomic mass is 9.41. The minimum Gasteiger partial charge on any atom is -0.394 e. The van der Waals surface area contributed by atoms with Crippen molar-refractivity contribution in [3.63, 3.8) is 0 Å². The van der Waals surface area contributed by atoms with E-state index in [1.54, 1.807) is 13.8 Å². The lowest BCUT2D eigenvalue weighted by Gasteiger charge is -2.64. The Bertz CT molecular complexity index is 1140. The van der Waals surface area contributed by atoms with Crippen LogP contribution in [0.25, 0.3) is 0 Å². The van der Waals surface area contributed by atoms with Crippen molar-refractivity contribution in [2.45, 2.75) is 167 Å². The highest BCUT2D eigenvalue weighted by Crippen LogP contribution is 2.89. The molecule has 10 nitrogen and oxygen atoms in total. The Balaban J connectivity index is 1.22. The number of hydrogen-bond acceptors (Lipinski definition) is 10. The monoisotopic (exact) mass is 654 g/mol. The Hall–Kier alpha value is -0.400. The fourth-order valence-electron chi connectivity index (χ4n) is 13.0. The van der Waals surface area contributed by atoms with E-state index in [0.717, 1.165) is 32.1 Å². The number of fused-ring (bicyclic) bond motifs is 2. The molecule has 10 heteroatoms. The van der Waals surface area contributed by atoms with Crippen LogP contribution in [-0.2, 0) is 9.47 Å². The van der Waals surface area contributed by atoms with E-state index in [2.05, 4.69) is 34.6 Å². The summed E-state index contributed by atoms with van der Waals surface area (Å²) in [5.41, 5.74) is -1.85. The maximum atomic E-state index is 12.1.